The van der Waals surface area contributed by atoms with Crippen LogP contribution >= 0.6 is 7.60 Å². The number of allylic oxidation sites excluding steroid dienone is 2. The molecule has 0 N–H and O–H groups in total. The van der Waals surface area contributed by atoms with Crippen molar-refractivity contribution in [1.82, 2.24) is 0 Å². The van der Waals surface area contributed by atoms with Crippen molar-refractivity contribution in [1.29, 1.82) is 0 Å². The fraction of sp³-hybridized carbons (Fsp3) is 0.556. The lowest BCUT2D eigenvalue weighted by molar-refractivity contribution is 0.268. The Labute approximate surface area is 85.1 Å². The lowest BCUT2D eigenvalue weighted by atomic mass is 10.3. The minimum Gasteiger partial charge on any atom is -0.496 e. The van der Waals surface area contributed by atoms with Gasteiger partial charge in [-0.1, -0.05) is 6.58 Å². The molecule has 0 atom stereocenters. The van der Waals surface area contributed by atoms with Gasteiger partial charge in [0.25, 0.3) is 0 Å². The normalized spacial score (nSPS) is 10.9. The van der Waals surface area contributed by atoms with Gasteiger partial charge in [0.2, 0.25) is 0 Å². The van der Waals surface area contributed by atoms with Gasteiger partial charge in [0.05, 0.1) is 12.4 Å². The quantitative estimate of drug-likeness (QED) is 0.406. The maximum Gasteiger partial charge on any atom is 0.363 e. The lowest BCUT2D eigenvalue weighted by Crippen LogP contribution is -1.99. The molecule has 5 heteroatoms. The molecule has 0 radical (unpaired) electrons. The summed E-state index contributed by atoms with van der Waals surface area (Å²) in [5.41, 5.74) is 0.867. The highest BCUT2D eigenvalue weighted by atomic mass is 31.2. The van der Waals surface area contributed by atoms with Crippen LogP contribution in [0.3, 0.4) is 0 Å². The Bertz CT molecular complexity index is 281. The van der Waals surface area contributed by atoms with Crippen LogP contribution in [0.15, 0.2) is 23.2 Å². The summed E-state index contributed by atoms with van der Waals surface area (Å²) >= 11 is 0. The summed E-state index contributed by atoms with van der Waals surface area (Å²) in [5, 5.41) is 0.241. The fourth-order valence-electron chi connectivity index (χ4n) is 1.03. The van der Waals surface area contributed by atoms with Crippen molar-refractivity contribution in [3.05, 3.63) is 23.2 Å². The predicted octanol–water partition coefficient (Wildman–Crippen LogP) is 2.93. The standard InChI is InChI=1S/C9H17O4P/c1-7(2)9(11-4)8(3)14(10,12-5)13-6/h3H2,1-2,4-6H3. The van der Waals surface area contributed by atoms with E-state index in [0.717, 1.165) is 5.57 Å². The van der Waals surface area contributed by atoms with Gasteiger partial charge >= 0.3 is 7.60 Å². The average Bonchev–Trinajstić information content (AvgIpc) is 2.17. The summed E-state index contributed by atoms with van der Waals surface area (Å²) in [7, 11) is 0.840. The highest BCUT2D eigenvalue weighted by Gasteiger charge is 2.29. The van der Waals surface area contributed by atoms with E-state index < -0.39 is 7.60 Å². The first kappa shape index (κ1) is 13.4. The summed E-state index contributed by atoms with van der Waals surface area (Å²) in [6.07, 6.45) is 0. The average molecular weight is 220 g/mol. The highest BCUT2D eigenvalue weighted by Crippen LogP contribution is 2.56. The summed E-state index contributed by atoms with van der Waals surface area (Å²) in [4.78, 5) is 0. The molecule has 0 aromatic carbocycles. The zero-order valence-electron chi connectivity index (χ0n) is 9.29. The van der Waals surface area contributed by atoms with Gasteiger partial charge in [-0.05, 0) is 19.4 Å². The van der Waals surface area contributed by atoms with Crippen LogP contribution in [0.5, 0.6) is 0 Å². The summed E-state index contributed by atoms with van der Waals surface area (Å²) < 4.78 is 26.6. The first-order chi connectivity index (χ1) is 6.42. The van der Waals surface area contributed by atoms with Crippen molar-refractivity contribution < 1.29 is 18.3 Å². The van der Waals surface area contributed by atoms with Gasteiger partial charge in [-0.2, -0.15) is 0 Å². The zero-order valence-corrected chi connectivity index (χ0v) is 10.2. The Kier molecular flexibility index (Phi) is 5.13. The molecule has 4 nitrogen and oxygen atoms in total. The molecule has 0 aliphatic heterocycles. The smallest absolute Gasteiger partial charge is 0.363 e. The maximum atomic E-state index is 11.9. The van der Waals surface area contributed by atoms with Crippen molar-refractivity contribution in [2.75, 3.05) is 21.3 Å². The number of rotatable bonds is 5. The molecule has 0 rings (SSSR count). The van der Waals surface area contributed by atoms with E-state index in [1.807, 2.05) is 13.8 Å². The van der Waals surface area contributed by atoms with E-state index in [-0.39, 0.29) is 5.31 Å². The van der Waals surface area contributed by atoms with Crippen molar-refractivity contribution in [3.63, 3.8) is 0 Å². The molecule has 0 fully saturated rings. The van der Waals surface area contributed by atoms with Gasteiger partial charge in [0, 0.05) is 14.2 Å². The minimum absolute atomic E-state index is 0.241. The molecule has 0 aliphatic rings. The van der Waals surface area contributed by atoms with Crippen LogP contribution in [0.25, 0.3) is 0 Å². The lowest BCUT2D eigenvalue weighted by Gasteiger charge is -2.18. The van der Waals surface area contributed by atoms with E-state index in [4.69, 9.17) is 13.8 Å². The van der Waals surface area contributed by atoms with E-state index in [1.54, 1.807) is 0 Å². The number of ether oxygens (including phenoxy) is 1. The number of methoxy groups -OCH3 is 1. The minimum atomic E-state index is -3.28. The molecule has 0 aromatic rings. The Morgan fingerprint density at radius 3 is 1.79 bits per heavy atom. The van der Waals surface area contributed by atoms with Crippen molar-refractivity contribution >= 4 is 7.60 Å². The van der Waals surface area contributed by atoms with E-state index in [9.17, 15) is 4.57 Å². The molecule has 14 heavy (non-hydrogen) atoms. The second kappa shape index (κ2) is 5.35. The summed E-state index contributed by atoms with van der Waals surface area (Å²) in [6.45, 7) is 7.33. The molecule has 82 valence electrons. The van der Waals surface area contributed by atoms with E-state index in [0.29, 0.717) is 5.76 Å². The number of hydrogen-bond donors (Lipinski definition) is 0. The van der Waals surface area contributed by atoms with Crippen LogP contribution in [0, 0.1) is 0 Å². The first-order valence-electron chi connectivity index (χ1n) is 4.05. The van der Waals surface area contributed by atoms with Gasteiger partial charge in [0.15, 0.2) is 0 Å². The van der Waals surface area contributed by atoms with Gasteiger partial charge in [0.1, 0.15) is 5.76 Å². The van der Waals surface area contributed by atoms with Crippen LogP contribution < -0.4 is 0 Å². The fourth-order valence-corrected chi connectivity index (χ4v) is 2.18. The van der Waals surface area contributed by atoms with Crippen LogP contribution in [0.1, 0.15) is 13.8 Å². The molecular weight excluding hydrogens is 203 g/mol. The van der Waals surface area contributed by atoms with E-state index in [1.165, 1.54) is 21.3 Å². The Morgan fingerprint density at radius 2 is 1.57 bits per heavy atom. The SMILES string of the molecule is C=C(C(OC)=C(C)C)P(=O)(OC)OC. The second-order valence-corrected chi connectivity index (χ2v) is 5.11. The molecule has 0 spiro atoms. The van der Waals surface area contributed by atoms with Crippen LogP contribution in [0.2, 0.25) is 0 Å². The third-order valence-electron chi connectivity index (χ3n) is 1.73. The molecule has 0 aliphatic carbocycles. The van der Waals surface area contributed by atoms with E-state index >= 15 is 0 Å². The summed E-state index contributed by atoms with van der Waals surface area (Å²) in [6, 6.07) is 0. The molecule has 0 unspecified atom stereocenters. The molecular formula is C9H17O4P. The third kappa shape index (κ3) is 2.71. The van der Waals surface area contributed by atoms with Gasteiger partial charge in [-0.3, -0.25) is 4.57 Å². The first-order valence-corrected chi connectivity index (χ1v) is 5.60. The Morgan fingerprint density at radius 1 is 1.14 bits per heavy atom. The number of hydrogen-bond acceptors (Lipinski definition) is 4. The third-order valence-corrected chi connectivity index (χ3v) is 3.56. The van der Waals surface area contributed by atoms with Gasteiger partial charge < -0.3 is 13.8 Å². The highest BCUT2D eigenvalue weighted by molar-refractivity contribution is 7.58. The predicted molar refractivity (Wildman–Crippen MR) is 56.1 cm³/mol. The topological polar surface area (TPSA) is 44.8 Å². The molecule has 0 bridgehead atoms. The van der Waals surface area contributed by atoms with Crippen LogP contribution in [-0.2, 0) is 18.3 Å². The molecule has 0 heterocycles. The largest absolute Gasteiger partial charge is 0.496 e. The van der Waals surface area contributed by atoms with Crippen molar-refractivity contribution in [2.45, 2.75) is 13.8 Å². The van der Waals surface area contributed by atoms with E-state index in [2.05, 4.69) is 6.58 Å². The maximum absolute atomic E-state index is 11.9. The van der Waals surface area contributed by atoms with Crippen molar-refractivity contribution in [3.8, 4) is 0 Å². The monoisotopic (exact) mass is 220 g/mol. The van der Waals surface area contributed by atoms with Gasteiger partial charge in [-0.15, -0.1) is 0 Å². The van der Waals surface area contributed by atoms with Gasteiger partial charge in [-0.25, -0.2) is 0 Å². The van der Waals surface area contributed by atoms with Crippen molar-refractivity contribution in [2.24, 2.45) is 0 Å². The van der Waals surface area contributed by atoms with Crippen LogP contribution in [-0.4, -0.2) is 21.3 Å². The molecule has 0 saturated heterocycles. The van der Waals surface area contributed by atoms with Crippen LogP contribution in [0.4, 0.5) is 0 Å². The molecule has 0 aromatic heterocycles. The zero-order chi connectivity index (χ0) is 11.4. The Balaban J connectivity index is 5.13. The second-order valence-electron chi connectivity index (χ2n) is 2.84. The Hall–Kier alpha value is -0.570. The molecule has 0 saturated carbocycles. The summed E-state index contributed by atoms with van der Waals surface area (Å²) in [5.74, 6) is 0.456. The molecule has 0 amide bonds.